The Morgan fingerprint density at radius 1 is 1.21 bits per heavy atom. The van der Waals surface area contributed by atoms with Gasteiger partial charge < -0.3 is 25.9 Å². The molecule has 0 aliphatic heterocycles. The standard InChI is InChI=1S/C23H27N5O5S/c1-12-9-10-15(33-12)18(21(30)26-23(2,3)4)28(13-7-6-8-14(11-13)32-5)22(31)19-16(24)17(20(25)29)27-34-19/h6-11,18H,24H2,1-5H3,(H2,25,29)(H,26,30). The number of hydrogen-bond donors (Lipinski definition) is 3. The van der Waals surface area contributed by atoms with Gasteiger partial charge in [0.1, 0.15) is 22.1 Å². The van der Waals surface area contributed by atoms with Crippen molar-refractivity contribution in [2.75, 3.05) is 17.7 Å². The van der Waals surface area contributed by atoms with E-state index in [1.807, 2.05) is 20.8 Å². The Bertz CT molecular complexity index is 1230. The zero-order valence-electron chi connectivity index (χ0n) is 19.5. The maximum Gasteiger partial charge on any atom is 0.273 e. The van der Waals surface area contributed by atoms with Crippen LogP contribution in [-0.2, 0) is 4.79 Å². The highest BCUT2D eigenvalue weighted by atomic mass is 32.1. The molecule has 3 amide bonds. The lowest BCUT2D eigenvalue weighted by atomic mass is 10.1. The second-order valence-electron chi connectivity index (χ2n) is 8.61. The summed E-state index contributed by atoms with van der Waals surface area (Å²) in [6, 6.07) is 8.79. The van der Waals surface area contributed by atoms with E-state index >= 15 is 0 Å². The summed E-state index contributed by atoms with van der Waals surface area (Å²) < 4.78 is 15.1. The molecule has 0 bridgehead atoms. The van der Waals surface area contributed by atoms with E-state index in [4.69, 9.17) is 20.6 Å². The van der Waals surface area contributed by atoms with Gasteiger partial charge in [-0.2, -0.15) is 4.37 Å². The molecule has 2 aromatic heterocycles. The minimum Gasteiger partial charge on any atom is -0.497 e. The van der Waals surface area contributed by atoms with Crippen molar-refractivity contribution in [3.8, 4) is 5.75 Å². The van der Waals surface area contributed by atoms with Crippen molar-refractivity contribution in [1.29, 1.82) is 0 Å². The Kier molecular flexibility index (Phi) is 6.96. The number of amides is 3. The molecule has 3 rings (SSSR count). The van der Waals surface area contributed by atoms with Gasteiger partial charge >= 0.3 is 0 Å². The number of benzene rings is 1. The summed E-state index contributed by atoms with van der Waals surface area (Å²) in [5.41, 5.74) is 10.8. The van der Waals surface area contributed by atoms with Gasteiger partial charge in [-0.3, -0.25) is 19.3 Å². The Balaban J connectivity index is 2.23. The molecule has 1 aromatic carbocycles. The van der Waals surface area contributed by atoms with Crippen molar-refractivity contribution >= 4 is 40.6 Å². The molecule has 11 heteroatoms. The molecule has 0 saturated carbocycles. The summed E-state index contributed by atoms with van der Waals surface area (Å²) in [5, 5.41) is 2.91. The van der Waals surface area contributed by atoms with Gasteiger partial charge in [-0.25, -0.2) is 0 Å². The van der Waals surface area contributed by atoms with E-state index in [2.05, 4.69) is 9.69 Å². The van der Waals surface area contributed by atoms with Crippen LogP contribution < -0.4 is 26.4 Å². The molecule has 180 valence electrons. The molecule has 5 N–H and O–H groups in total. The fraction of sp³-hybridized carbons (Fsp3) is 0.304. The lowest BCUT2D eigenvalue weighted by molar-refractivity contribution is -0.124. The highest BCUT2D eigenvalue weighted by Gasteiger charge is 2.39. The molecule has 0 spiro atoms. The van der Waals surface area contributed by atoms with Crippen LogP contribution in [0.5, 0.6) is 5.75 Å². The third-order valence-electron chi connectivity index (χ3n) is 4.74. The van der Waals surface area contributed by atoms with Crippen LogP contribution in [0.4, 0.5) is 11.4 Å². The highest BCUT2D eigenvalue weighted by molar-refractivity contribution is 7.09. The summed E-state index contributed by atoms with van der Waals surface area (Å²) in [6.45, 7) is 7.22. The van der Waals surface area contributed by atoms with E-state index in [0.29, 0.717) is 17.2 Å². The van der Waals surface area contributed by atoms with Crippen molar-refractivity contribution in [3.05, 3.63) is 58.5 Å². The SMILES string of the molecule is COc1cccc(N(C(=O)c2snc(C(N)=O)c2N)C(C(=O)NC(C)(C)C)c2ccc(C)o2)c1. The van der Waals surface area contributed by atoms with E-state index in [1.54, 1.807) is 43.3 Å². The molecule has 0 fully saturated rings. The van der Waals surface area contributed by atoms with E-state index in [-0.39, 0.29) is 22.0 Å². The molecule has 0 aliphatic carbocycles. The van der Waals surface area contributed by atoms with Gasteiger partial charge in [-0.1, -0.05) is 6.07 Å². The number of nitrogens with one attached hydrogen (secondary N) is 1. The van der Waals surface area contributed by atoms with Crippen LogP contribution >= 0.6 is 11.5 Å². The second kappa shape index (κ2) is 9.56. The minimum absolute atomic E-state index is 0.0338. The first kappa shape index (κ1) is 24.8. The Morgan fingerprint density at radius 3 is 2.44 bits per heavy atom. The summed E-state index contributed by atoms with van der Waals surface area (Å²) in [5.74, 6) is -0.709. The monoisotopic (exact) mass is 485 g/mol. The maximum absolute atomic E-state index is 13.9. The van der Waals surface area contributed by atoms with Gasteiger partial charge in [-0.15, -0.1) is 0 Å². The van der Waals surface area contributed by atoms with Crippen LogP contribution in [-0.4, -0.2) is 34.7 Å². The number of aromatic nitrogens is 1. The summed E-state index contributed by atoms with van der Waals surface area (Å²) in [4.78, 5) is 40.3. The number of furan rings is 1. The molecule has 10 nitrogen and oxygen atoms in total. The molecule has 3 aromatic rings. The van der Waals surface area contributed by atoms with Gasteiger partial charge in [0.15, 0.2) is 11.7 Å². The zero-order chi connectivity index (χ0) is 25.2. The van der Waals surface area contributed by atoms with Gasteiger partial charge in [0.2, 0.25) is 0 Å². The third-order valence-corrected chi connectivity index (χ3v) is 5.59. The minimum atomic E-state index is -1.20. The Hall–Kier alpha value is -3.86. The van der Waals surface area contributed by atoms with Crippen molar-refractivity contribution in [2.24, 2.45) is 5.73 Å². The molecule has 2 heterocycles. The molecule has 0 aliphatic rings. The summed E-state index contributed by atoms with van der Waals surface area (Å²) in [7, 11) is 1.49. The quantitative estimate of drug-likeness (QED) is 0.465. The van der Waals surface area contributed by atoms with Crippen LogP contribution in [0, 0.1) is 6.92 Å². The Morgan fingerprint density at radius 2 is 1.91 bits per heavy atom. The fourth-order valence-electron chi connectivity index (χ4n) is 3.29. The predicted octanol–water partition coefficient (Wildman–Crippen LogP) is 3.04. The second-order valence-corrected chi connectivity index (χ2v) is 9.38. The smallest absolute Gasteiger partial charge is 0.273 e. The number of methoxy groups -OCH3 is 1. The molecular weight excluding hydrogens is 458 g/mol. The lowest BCUT2D eigenvalue weighted by Crippen LogP contribution is -2.49. The van der Waals surface area contributed by atoms with E-state index in [0.717, 1.165) is 11.5 Å². The molecular formula is C23H27N5O5S. The third kappa shape index (κ3) is 5.20. The number of anilines is 2. The average molecular weight is 486 g/mol. The Labute approximate surface area is 201 Å². The molecule has 34 heavy (non-hydrogen) atoms. The van der Waals surface area contributed by atoms with Gasteiger partial charge in [0.25, 0.3) is 17.7 Å². The van der Waals surface area contributed by atoms with Gasteiger partial charge in [0.05, 0.1) is 12.8 Å². The number of ether oxygens (including phenoxy) is 1. The highest BCUT2D eigenvalue weighted by Crippen LogP contribution is 2.35. The number of rotatable bonds is 7. The van der Waals surface area contributed by atoms with E-state index in [9.17, 15) is 14.4 Å². The van der Waals surface area contributed by atoms with Crippen LogP contribution in [0.3, 0.4) is 0 Å². The lowest BCUT2D eigenvalue weighted by Gasteiger charge is -2.32. The number of carbonyl (C=O) groups excluding carboxylic acids is 3. The largest absolute Gasteiger partial charge is 0.497 e. The first-order chi connectivity index (χ1) is 15.9. The molecule has 1 atom stereocenters. The van der Waals surface area contributed by atoms with Crippen molar-refractivity contribution in [3.63, 3.8) is 0 Å². The molecule has 1 unspecified atom stereocenters. The number of aryl methyl sites for hydroxylation is 1. The number of nitrogen functional groups attached to an aromatic ring is 1. The molecule has 0 radical (unpaired) electrons. The number of nitrogens with two attached hydrogens (primary N) is 2. The van der Waals surface area contributed by atoms with Crippen molar-refractivity contribution < 1.29 is 23.5 Å². The van der Waals surface area contributed by atoms with Gasteiger partial charge in [-0.05, 0) is 63.5 Å². The van der Waals surface area contributed by atoms with Crippen molar-refractivity contribution in [1.82, 2.24) is 9.69 Å². The number of carbonyl (C=O) groups is 3. The van der Waals surface area contributed by atoms with Crippen LogP contribution in [0.15, 0.2) is 40.8 Å². The van der Waals surface area contributed by atoms with Crippen LogP contribution in [0.1, 0.15) is 58.5 Å². The average Bonchev–Trinajstić information content (AvgIpc) is 3.35. The predicted molar refractivity (Wildman–Crippen MR) is 129 cm³/mol. The van der Waals surface area contributed by atoms with Gasteiger partial charge in [0, 0.05) is 17.3 Å². The zero-order valence-corrected chi connectivity index (χ0v) is 20.4. The van der Waals surface area contributed by atoms with E-state index in [1.165, 1.54) is 12.0 Å². The fourth-order valence-corrected chi connectivity index (χ4v) is 4.04. The molecule has 0 saturated heterocycles. The summed E-state index contributed by atoms with van der Waals surface area (Å²) >= 11 is 0.728. The number of primary amides is 1. The number of hydrogen-bond acceptors (Lipinski definition) is 8. The summed E-state index contributed by atoms with van der Waals surface area (Å²) in [6.07, 6.45) is 0. The number of nitrogens with zero attached hydrogens (tertiary/aromatic N) is 2. The van der Waals surface area contributed by atoms with E-state index < -0.39 is 29.3 Å². The van der Waals surface area contributed by atoms with Crippen molar-refractivity contribution in [2.45, 2.75) is 39.3 Å². The first-order valence-electron chi connectivity index (χ1n) is 10.3. The van der Waals surface area contributed by atoms with Crippen LogP contribution in [0.2, 0.25) is 0 Å². The normalized spacial score (nSPS) is 12.1. The van der Waals surface area contributed by atoms with Crippen LogP contribution in [0.25, 0.3) is 0 Å². The topological polar surface area (TPSA) is 154 Å². The first-order valence-corrected chi connectivity index (χ1v) is 11.1. The maximum atomic E-state index is 13.9.